The van der Waals surface area contributed by atoms with Gasteiger partial charge < -0.3 is 9.47 Å². The van der Waals surface area contributed by atoms with Crippen molar-refractivity contribution >= 4 is 17.3 Å². The van der Waals surface area contributed by atoms with Gasteiger partial charge >= 0.3 is 5.97 Å². The lowest BCUT2D eigenvalue weighted by Gasteiger charge is -2.47. The molecule has 3 aromatic carbocycles. The molecule has 9 nitrogen and oxygen atoms in total. The first-order chi connectivity index (χ1) is 16.9. The summed E-state index contributed by atoms with van der Waals surface area (Å²) in [7, 11) is 1.59. The number of nitrogens with zero attached hydrogens (tertiary/aromatic N) is 2. The molecule has 0 N–H and O–H groups in total. The zero-order valence-corrected chi connectivity index (χ0v) is 20.8. The lowest BCUT2D eigenvalue weighted by Crippen LogP contribution is -2.43. The van der Waals surface area contributed by atoms with Crippen molar-refractivity contribution in [2.24, 2.45) is 5.41 Å². The van der Waals surface area contributed by atoms with Gasteiger partial charge in [-0.1, -0.05) is 70.2 Å². The van der Waals surface area contributed by atoms with Crippen molar-refractivity contribution in [2.45, 2.75) is 39.2 Å². The largest absolute Gasteiger partial charge is 0.497 e. The Hall–Kier alpha value is -4.27. The van der Waals surface area contributed by atoms with Gasteiger partial charge in [0.05, 0.1) is 28.6 Å². The molecule has 0 aliphatic rings. The first-order valence-electron chi connectivity index (χ1n) is 11.2. The van der Waals surface area contributed by atoms with Gasteiger partial charge in [0.25, 0.3) is 11.4 Å². The summed E-state index contributed by atoms with van der Waals surface area (Å²) in [5, 5.41) is 22.6. The van der Waals surface area contributed by atoms with Crippen molar-refractivity contribution in [3.05, 3.63) is 110 Å². The number of non-ortho nitro benzene ring substituents is 2. The molecule has 36 heavy (non-hydrogen) atoms. The van der Waals surface area contributed by atoms with Gasteiger partial charge in [-0.15, -0.1) is 0 Å². The number of ether oxygens (including phenoxy) is 2. The topological polar surface area (TPSA) is 122 Å². The second-order valence-electron chi connectivity index (χ2n) is 9.52. The van der Waals surface area contributed by atoms with Crippen LogP contribution in [0.2, 0.25) is 0 Å². The molecular weight excluding hydrogens is 464 g/mol. The minimum atomic E-state index is -0.894. The SMILES string of the molecule is COc1ccc(C(C)(C)C(C)(C)[C@H](OC(=O)c2cc([N+](=O)[O-])cc([N+](=O)[O-])c2)c2ccccc2)cc1. The van der Waals surface area contributed by atoms with Crippen molar-refractivity contribution in [1.29, 1.82) is 0 Å². The molecule has 0 bridgehead atoms. The highest BCUT2D eigenvalue weighted by Crippen LogP contribution is 2.51. The van der Waals surface area contributed by atoms with Gasteiger partial charge in [-0.3, -0.25) is 20.2 Å². The molecule has 0 heterocycles. The van der Waals surface area contributed by atoms with Crippen molar-refractivity contribution in [3.63, 3.8) is 0 Å². The molecule has 3 aromatic rings. The van der Waals surface area contributed by atoms with Crippen molar-refractivity contribution in [1.82, 2.24) is 0 Å². The molecule has 188 valence electrons. The van der Waals surface area contributed by atoms with E-state index in [-0.39, 0.29) is 5.56 Å². The monoisotopic (exact) mass is 492 g/mol. The van der Waals surface area contributed by atoms with E-state index in [1.54, 1.807) is 7.11 Å². The molecule has 0 aliphatic heterocycles. The molecule has 0 unspecified atom stereocenters. The predicted octanol–water partition coefficient (Wildman–Crippen LogP) is 6.41. The van der Waals surface area contributed by atoms with Crippen LogP contribution in [0.25, 0.3) is 0 Å². The second-order valence-corrected chi connectivity index (χ2v) is 9.52. The minimum absolute atomic E-state index is 0.269. The van der Waals surface area contributed by atoms with E-state index < -0.39 is 44.1 Å². The van der Waals surface area contributed by atoms with Crippen LogP contribution in [-0.2, 0) is 10.2 Å². The number of nitro benzene ring substituents is 2. The van der Waals surface area contributed by atoms with Crippen molar-refractivity contribution in [3.8, 4) is 5.75 Å². The van der Waals surface area contributed by atoms with E-state index in [1.807, 2.05) is 82.3 Å². The first-order valence-corrected chi connectivity index (χ1v) is 11.2. The molecule has 3 rings (SSSR count). The van der Waals surface area contributed by atoms with Crippen LogP contribution in [0.3, 0.4) is 0 Å². The van der Waals surface area contributed by atoms with Gasteiger partial charge in [0.2, 0.25) is 0 Å². The molecule has 0 radical (unpaired) electrons. The Bertz CT molecular complexity index is 1240. The summed E-state index contributed by atoms with van der Waals surface area (Å²) in [6.45, 7) is 8.02. The van der Waals surface area contributed by atoms with Crippen LogP contribution in [0, 0.1) is 25.6 Å². The number of esters is 1. The molecule has 0 spiro atoms. The molecule has 0 saturated carbocycles. The van der Waals surface area contributed by atoms with Gasteiger partial charge in [0, 0.05) is 17.5 Å². The summed E-state index contributed by atoms with van der Waals surface area (Å²) in [4.78, 5) is 34.3. The number of nitro groups is 2. The number of carbonyl (C=O) groups is 1. The average Bonchev–Trinajstić information content (AvgIpc) is 2.87. The number of hydrogen-bond donors (Lipinski definition) is 0. The maximum Gasteiger partial charge on any atom is 0.339 e. The van der Waals surface area contributed by atoms with Gasteiger partial charge in [0.15, 0.2) is 0 Å². The summed E-state index contributed by atoms with van der Waals surface area (Å²) in [5.41, 5.74) is -0.932. The zero-order valence-electron chi connectivity index (χ0n) is 20.8. The Morgan fingerprint density at radius 3 is 1.83 bits per heavy atom. The van der Waals surface area contributed by atoms with Crippen LogP contribution in [0.5, 0.6) is 5.75 Å². The smallest absolute Gasteiger partial charge is 0.339 e. The Morgan fingerprint density at radius 1 is 0.833 bits per heavy atom. The fraction of sp³-hybridized carbons (Fsp3) is 0.296. The van der Waals surface area contributed by atoms with Crippen LogP contribution in [0.4, 0.5) is 11.4 Å². The van der Waals surface area contributed by atoms with Crippen molar-refractivity contribution < 1.29 is 24.1 Å². The molecule has 1 atom stereocenters. The molecule has 0 fully saturated rings. The quantitative estimate of drug-likeness (QED) is 0.192. The van der Waals surface area contributed by atoms with E-state index >= 15 is 0 Å². The van der Waals surface area contributed by atoms with Gasteiger partial charge in [0.1, 0.15) is 11.9 Å². The standard InChI is InChI=1S/C27H28N2O7/c1-26(2,20-11-13-23(35-5)14-12-20)27(3,4)24(18-9-7-6-8-10-18)36-25(30)19-15-21(28(31)32)17-22(16-19)29(33)34/h6-17,24H,1-5H3/t24-/m1/s1. The normalized spacial score (nSPS) is 12.5. The van der Waals surface area contributed by atoms with E-state index in [0.717, 1.165) is 29.3 Å². The number of carbonyl (C=O) groups excluding carboxylic acids is 1. The predicted molar refractivity (Wildman–Crippen MR) is 134 cm³/mol. The zero-order chi connectivity index (χ0) is 26.7. The molecule has 0 saturated heterocycles. The third-order valence-corrected chi connectivity index (χ3v) is 6.97. The molecule has 0 aliphatic carbocycles. The highest BCUT2D eigenvalue weighted by atomic mass is 16.6. The van der Waals surface area contributed by atoms with Crippen LogP contribution in [0.1, 0.15) is 55.3 Å². The maximum atomic E-state index is 13.3. The van der Waals surface area contributed by atoms with E-state index in [1.165, 1.54) is 0 Å². The molecule has 0 amide bonds. The Morgan fingerprint density at radius 2 is 1.36 bits per heavy atom. The van der Waals surface area contributed by atoms with Crippen LogP contribution in [0.15, 0.2) is 72.8 Å². The van der Waals surface area contributed by atoms with E-state index in [0.29, 0.717) is 5.75 Å². The minimum Gasteiger partial charge on any atom is -0.497 e. The van der Waals surface area contributed by atoms with Gasteiger partial charge in [-0.05, 0) is 28.7 Å². The van der Waals surface area contributed by atoms with E-state index in [4.69, 9.17) is 9.47 Å². The van der Waals surface area contributed by atoms with Crippen LogP contribution < -0.4 is 4.74 Å². The first kappa shape index (κ1) is 26.3. The second kappa shape index (κ2) is 10.2. The number of hydrogen-bond acceptors (Lipinski definition) is 7. The third kappa shape index (κ3) is 5.19. The van der Waals surface area contributed by atoms with E-state index in [9.17, 15) is 25.0 Å². The number of benzene rings is 3. The summed E-state index contributed by atoms with van der Waals surface area (Å²) in [6, 6.07) is 19.6. The summed E-state index contributed by atoms with van der Waals surface area (Å²) < 4.78 is 11.3. The van der Waals surface area contributed by atoms with Crippen LogP contribution in [-0.4, -0.2) is 22.9 Å². The van der Waals surface area contributed by atoms with E-state index in [2.05, 4.69) is 0 Å². The number of rotatable bonds is 9. The Kier molecular flexibility index (Phi) is 7.43. The third-order valence-electron chi connectivity index (χ3n) is 6.97. The van der Waals surface area contributed by atoms with Crippen LogP contribution >= 0.6 is 0 Å². The average molecular weight is 493 g/mol. The van der Waals surface area contributed by atoms with Gasteiger partial charge in [-0.25, -0.2) is 4.79 Å². The summed E-state index contributed by atoms with van der Waals surface area (Å²) >= 11 is 0. The number of methoxy groups -OCH3 is 1. The lowest BCUT2D eigenvalue weighted by molar-refractivity contribution is -0.394. The fourth-order valence-corrected chi connectivity index (χ4v) is 4.07. The fourth-order valence-electron chi connectivity index (χ4n) is 4.07. The Balaban J connectivity index is 2.07. The maximum absolute atomic E-state index is 13.3. The molecular formula is C27H28N2O7. The summed E-state index contributed by atoms with van der Waals surface area (Å²) in [6.07, 6.45) is -0.790. The Labute approximate surface area is 209 Å². The van der Waals surface area contributed by atoms with Gasteiger partial charge in [-0.2, -0.15) is 0 Å². The summed E-state index contributed by atoms with van der Waals surface area (Å²) in [5.74, 6) is -0.181. The highest BCUT2D eigenvalue weighted by molar-refractivity contribution is 5.91. The van der Waals surface area contributed by atoms with Crippen molar-refractivity contribution in [2.75, 3.05) is 7.11 Å². The lowest BCUT2D eigenvalue weighted by atomic mass is 9.60. The molecule has 0 aromatic heterocycles. The molecule has 9 heteroatoms. The highest BCUT2D eigenvalue weighted by Gasteiger charge is 2.47.